The van der Waals surface area contributed by atoms with Gasteiger partial charge in [-0.2, -0.15) is 5.26 Å². The van der Waals surface area contributed by atoms with Crippen molar-refractivity contribution in [1.29, 1.82) is 5.26 Å². The number of nitriles is 1. The fourth-order valence-electron chi connectivity index (χ4n) is 3.48. The smallest absolute Gasteiger partial charge is 0.248 e. The predicted octanol–water partition coefficient (Wildman–Crippen LogP) is 4.47. The Hall–Kier alpha value is -3.51. The van der Waals surface area contributed by atoms with Crippen LogP contribution in [0.3, 0.4) is 0 Å². The molecule has 2 aromatic carbocycles. The van der Waals surface area contributed by atoms with Crippen LogP contribution in [0.1, 0.15) is 5.56 Å². The number of nitrogens with one attached hydrogen (secondary N) is 2. The Labute approximate surface area is 195 Å². The Morgan fingerprint density at radius 2 is 2.03 bits per heavy atom. The summed E-state index contributed by atoms with van der Waals surface area (Å²) in [4.78, 5) is 18.9. The predicted molar refractivity (Wildman–Crippen MR) is 126 cm³/mol. The van der Waals surface area contributed by atoms with Crippen LogP contribution in [-0.2, 0) is 9.53 Å². The summed E-state index contributed by atoms with van der Waals surface area (Å²) < 4.78 is 18.8. The largest absolute Gasteiger partial charge is 0.379 e. The van der Waals surface area contributed by atoms with Crippen molar-refractivity contribution in [3.05, 3.63) is 71.2 Å². The number of hydrogen-bond donors (Lipinski definition) is 2. The van der Waals surface area contributed by atoms with Crippen LogP contribution in [0.5, 0.6) is 0 Å². The number of fused-ring (bicyclic) bond motifs is 1. The van der Waals surface area contributed by atoms with Gasteiger partial charge in [0.15, 0.2) is 0 Å². The highest BCUT2D eigenvalue weighted by molar-refractivity contribution is 6.31. The van der Waals surface area contributed by atoms with Gasteiger partial charge in [0.05, 0.1) is 35.0 Å². The van der Waals surface area contributed by atoms with Gasteiger partial charge >= 0.3 is 0 Å². The number of amides is 1. The molecule has 1 fully saturated rings. The van der Waals surface area contributed by atoms with Gasteiger partial charge in [-0.15, -0.1) is 0 Å². The van der Waals surface area contributed by atoms with Gasteiger partial charge in [0.25, 0.3) is 0 Å². The number of aromatic nitrogens is 1. The van der Waals surface area contributed by atoms with Crippen molar-refractivity contribution in [2.45, 2.75) is 0 Å². The van der Waals surface area contributed by atoms with Gasteiger partial charge in [0.1, 0.15) is 11.9 Å². The molecule has 33 heavy (non-hydrogen) atoms. The number of halogens is 2. The molecule has 1 aromatic heterocycles. The molecule has 9 heteroatoms. The van der Waals surface area contributed by atoms with Crippen LogP contribution in [0.25, 0.3) is 10.9 Å². The lowest BCUT2D eigenvalue weighted by Gasteiger charge is -2.25. The molecule has 7 nitrogen and oxygen atoms in total. The zero-order valence-electron chi connectivity index (χ0n) is 17.6. The molecular weight excluding hydrogens is 445 g/mol. The van der Waals surface area contributed by atoms with Crippen LogP contribution in [-0.4, -0.2) is 48.6 Å². The minimum Gasteiger partial charge on any atom is -0.379 e. The third-order valence-electron chi connectivity index (χ3n) is 5.18. The third kappa shape index (κ3) is 5.65. The third-order valence-corrected chi connectivity index (χ3v) is 5.47. The maximum absolute atomic E-state index is 13.5. The van der Waals surface area contributed by atoms with Crippen molar-refractivity contribution in [3.8, 4) is 6.07 Å². The molecule has 0 bridgehead atoms. The summed E-state index contributed by atoms with van der Waals surface area (Å²) in [6.45, 7) is 3.78. The molecule has 0 saturated carbocycles. The first-order chi connectivity index (χ1) is 16.0. The number of nitrogens with zero attached hydrogens (tertiary/aromatic N) is 3. The molecule has 1 saturated heterocycles. The average molecular weight is 466 g/mol. The van der Waals surface area contributed by atoms with Crippen LogP contribution in [0.15, 0.2) is 54.7 Å². The van der Waals surface area contributed by atoms with E-state index >= 15 is 0 Å². The molecule has 168 valence electrons. The fourth-order valence-corrected chi connectivity index (χ4v) is 3.67. The van der Waals surface area contributed by atoms with Crippen LogP contribution in [0.4, 0.5) is 21.5 Å². The number of carbonyl (C=O) groups is 1. The van der Waals surface area contributed by atoms with Gasteiger partial charge in [-0.25, -0.2) is 4.39 Å². The lowest BCUT2D eigenvalue weighted by Crippen LogP contribution is -2.36. The summed E-state index contributed by atoms with van der Waals surface area (Å²) in [6, 6.07) is 11.6. The molecule has 0 aliphatic carbocycles. The normalized spacial score (nSPS) is 14.3. The van der Waals surface area contributed by atoms with Crippen molar-refractivity contribution in [2.75, 3.05) is 43.5 Å². The summed E-state index contributed by atoms with van der Waals surface area (Å²) >= 11 is 5.89. The monoisotopic (exact) mass is 465 g/mol. The summed E-state index contributed by atoms with van der Waals surface area (Å²) in [5.41, 5.74) is 2.50. The van der Waals surface area contributed by atoms with Crippen molar-refractivity contribution >= 4 is 45.5 Å². The topological polar surface area (TPSA) is 90.3 Å². The zero-order chi connectivity index (χ0) is 23.2. The lowest BCUT2D eigenvalue weighted by molar-refractivity contribution is -0.111. The summed E-state index contributed by atoms with van der Waals surface area (Å²) in [5.74, 6) is -0.791. The summed E-state index contributed by atoms with van der Waals surface area (Å²) in [7, 11) is 0. The van der Waals surface area contributed by atoms with Gasteiger partial charge in [-0.05, 0) is 36.4 Å². The Kier molecular flexibility index (Phi) is 7.15. The van der Waals surface area contributed by atoms with Crippen molar-refractivity contribution in [3.63, 3.8) is 0 Å². The highest BCUT2D eigenvalue weighted by atomic mass is 35.5. The molecule has 1 aliphatic heterocycles. The lowest BCUT2D eigenvalue weighted by atomic mass is 10.1. The average Bonchev–Trinajstić information content (AvgIpc) is 2.82. The zero-order valence-corrected chi connectivity index (χ0v) is 18.4. The Bertz CT molecular complexity index is 1250. The van der Waals surface area contributed by atoms with Crippen LogP contribution < -0.4 is 10.6 Å². The number of ether oxygens (including phenoxy) is 1. The molecule has 0 atom stereocenters. The molecule has 0 radical (unpaired) electrons. The van der Waals surface area contributed by atoms with E-state index in [2.05, 4.69) is 26.6 Å². The van der Waals surface area contributed by atoms with E-state index in [0.717, 1.165) is 13.1 Å². The number of pyridine rings is 1. The molecule has 0 unspecified atom stereocenters. The highest BCUT2D eigenvalue weighted by Crippen LogP contribution is 2.32. The molecule has 4 rings (SSSR count). The van der Waals surface area contributed by atoms with Crippen molar-refractivity contribution < 1.29 is 13.9 Å². The second-order valence-corrected chi connectivity index (χ2v) is 7.86. The van der Waals surface area contributed by atoms with E-state index < -0.39 is 5.82 Å². The van der Waals surface area contributed by atoms with Crippen molar-refractivity contribution in [1.82, 2.24) is 9.88 Å². The second-order valence-electron chi connectivity index (χ2n) is 7.45. The minimum absolute atomic E-state index is 0.0336. The maximum atomic E-state index is 13.5. The van der Waals surface area contributed by atoms with E-state index in [1.54, 1.807) is 18.2 Å². The molecule has 1 amide bonds. The molecule has 2 heterocycles. The van der Waals surface area contributed by atoms with E-state index in [1.807, 2.05) is 6.08 Å². The SMILES string of the molecule is N#Cc1cnc2ccc(NC(=O)/C=C/CN3CCOCC3)cc2c1Nc1ccc(F)c(Cl)c1. The van der Waals surface area contributed by atoms with E-state index in [4.69, 9.17) is 16.3 Å². The van der Waals surface area contributed by atoms with Gasteiger partial charge in [-0.3, -0.25) is 14.7 Å². The number of benzene rings is 2. The first kappa shape index (κ1) is 22.7. The quantitative estimate of drug-likeness (QED) is 0.522. The van der Waals surface area contributed by atoms with Crippen LogP contribution >= 0.6 is 11.6 Å². The molecule has 1 aliphatic rings. The standard InChI is InChI=1S/C24H21ClFN5O2/c25-20-13-18(3-5-21(20)26)30-24-16(14-27)15-28-22-6-4-17(12-19(22)24)29-23(32)2-1-7-31-8-10-33-11-9-31/h1-6,12-13,15H,7-11H2,(H,28,30)(H,29,32)/b2-1+. The minimum atomic E-state index is -0.533. The Morgan fingerprint density at radius 1 is 1.24 bits per heavy atom. The first-order valence-corrected chi connectivity index (χ1v) is 10.7. The van der Waals surface area contributed by atoms with E-state index in [9.17, 15) is 14.4 Å². The maximum Gasteiger partial charge on any atom is 0.248 e. The van der Waals surface area contributed by atoms with Gasteiger partial charge < -0.3 is 15.4 Å². The summed E-state index contributed by atoms with van der Waals surface area (Å²) in [6.07, 6.45) is 4.79. The Balaban J connectivity index is 1.55. The second kappa shape index (κ2) is 10.4. The van der Waals surface area contributed by atoms with Gasteiger partial charge in [0.2, 0.25) is 5.91 Å². The number of carbonyl (C=O) groups excluding carboxylic acids is 1. The molecule has 2 N–H and O–H groups in total. The number of hydrogen-bond acceptors (Lipinski definition) is 6. The highest BCUT2D eigenvalue weighted by Gasteiger charge is 2.12. The fraction of sp³-hybridized carbons (Fsp3) is 0.208. The molecule has 0 spiro atoms. The van der Waals surface area contributed by atoms with Crippen LogP contribution in [0, 0.1) is 17.1 Å². The number of anilines is 3. The van der Waals surface area contributed by atoms with Gasteiger partial charge in [0, 0.05) is 48.7 Å². The van der Waals surface area contributed by atoms with E-state index in [0.29, 0.717) is 53.3 Å². The number of morpholine rings is 1. The van der Waals surface area contributed by atoms with Gasteiger partial charge in [-0.1, -0.05) is 17.7 Å². The van der Waals surface area contributed by atoms with Crippen molar-refractivity contribution in [2.24, 2.45) is 0 Å². The molecule has 3 aromatic rings. The summed E-state index contributed by atoms with van der Waals surface area (Å²) in [5, 5.41) is 16.1. The molecular formula is C24H21ClFN5O2. The van der Waals surface area contributed by atoms with E-state index in [-0.39, 0.29) is 10.9 Å². The Morgan fingerprint density at radius 3 is 2.79 bits per heavy atom. The first-order valence-electron chi connectivity index (χ1n) is 10.4. The van der Waals surface area contributed by atoms with Crippen LogP contribution in [0.2, 0.25) is 5.02 Å². The van der Waals surface area contributed by atoms with E-state index in [1.165, 1.54) is 30.5 Å². The number of rotatable bonds is 6.